The quantitative estimate of drug-likeness (QED) is 0.716. The third-order valence-corrected chi connectivity index (χ3v) is 8.95. The van der Waals surface area contributed by atoms with Gasteiger partial charge in [-0.15, -0.1) is 0 Å². The average molecular weight is 442 g/mol. The number of hydrogen-bond donors (Lipinski definition) is 0. The molecular weight excluding hydrogens is 410 g/mol. The van der Waals surface area contributed by atoms with E-state index >= 15 is 0 Å². The van der Waals surface area contributed by atoms with Crippen LogP contribution in [-0.2, 0) is 21.2 Å². The molecule has 2 fully saturated rings. The molecule has 2 aliphatic heterocycles. The van der Waals surface area contributed by atoms with E-state index in [-0.39, 0.29) is 35.5 Å². The minimum atomic E-state index is -3.03. The smallest absolute Gasteiger partial charge is 0.237 e. The lowest BCUT2D eigenvalue weighted by Gasteiger charge is -2.40. The van der Waals surface area contributed by atoms with Crippen molar-refractivity contribution >= 4 is 15.7 Å². The van der Waals surface area contributed by atoms with E-state index in [0.717, 1.165) is 38.8 Å². The van der Waals surface area contributed by atoms with Crippen LogP contribution in [0.15, 0.2) is 48.7 Å². The van der Waals surface area contributed by atoms with Crippen LogP contribution >= 0.6 is 0 Å². The number of rotatable bonds is 5. The number of amides is 1. The molecule has 7 heteroatoms. The third-order valence-electron chi connectivity index (χ3n) is 7.20. The SMILES string of the molecule is O=C(CN1CCn2cccc2[C@@H]1c1ccccc1)N(C1CCCC1)[C@@H]1CCS(=O)(=O)C1. The van der Waals surface area contributed by atoms with Gasteiger partial charge >= 0.3 is 0 Å². The molecular formula is C24H31N3O3S. The molecule has 6 nitrogen and oxygen atoms in total. The fraction of sp³-hybridized carbons (Fsp3) is 0.542. The first-order valence-corrected chi connectivity index (χ1v) is 13.3. The molecule has 0 N–H and O–H groups in total. The zero-order valence-electron chi connectivity index (χ0n) is 17.9. The summed E-state index contributed by atoms with van der Waals surface area (Å²) in [6.07, 6.45) is 6.92. The van der Waals surface area contributed by atoms with Crippen LogP contribution in [0.25, 0.3) is 0 Å². The summed E-state index contributed by atoms with van der Waals surface area (Å²) in [5.41, 5.74) is 2.40. The van der Waals surface area contributed by atoms with E-state index in [4.69, 9.17) is 0 Å². The highest BCUT2D eigenvalue weighted by Gasteiger charge is 2.40. The fourth-order valence-corrected chi connectivity index (χ4v) is 7.47. The number of sulfone groups is 1. The van der Waals surface area contributed by atoms with Gasteiger partial charge in [-0.1, -0.05) is 43.2 Å². The summed E-state index contributed by atoms with van der Waals surface area (Å²) in [5, 5.41) is 0. The summed E-state index contributed by atoms with van der Waals surface area (Å²) in [5.74, 6) is 0.424. The predicted octanol–water partition coefficient (Wildman–Crippen LogP) is 2.85. The zero-order chi connectivity index (χ0) is 21.4. The normalized spacial score (nSPS) is 26.1. The molecule has 3 heterocycles. The molecule has 1 aromatic heterocycles. The second-order valence-corrected chi connectivity index (χ2v) is 11.4. The first kappa shape index (κ1) is 20.8. The Morgan fingerprint density at radius 1 is 0.968 bits per heavy atom. The van der Waals surface area contributed by atoms with Crippen LogP contribution in [0.2, 0.25) is 0 Å². The van der Waals surface area contributed by atoms with E-state index in [1.165, 1.54) is 11.3 Å². The van der Waals surface area contributed by atoms with Gasteiger partial charge in [0, 0.05) is 37.1 Å². The topological polar surface area (TPSA) is 62.6 Å². The highest BCUT2D eigenvalue weighted by molar-refractivity contribution is 7.91. The Kier molecular flexibility index (Phi) is 5.65. The summed E-state index contributed by atoms with van der Waals surface area (Å²) in [7, 11) is -3.03. The number of aromatic nitrogens is 1. The minimum Gasteiger partial charge on any atom is -0.348 e. The molecule has 0 spiro atoms. The van der Waals surface area contributed by atoms with E-state index in [2.05, 4.69) is 39.9 Å². The first-order valence-electron chi connectivity index (χ1n) is 11.5. The molecule has 1 saturated carbocycles. The fourth-order valence-electron chi connectivity index (χ4n) is 5.76. The Bertz CT molecular complexity index is 1030. The largest absolute Gasteiger partial charge is 0.348 e. The maximum Gasteiger partial charge on any atom is 0.237 e. The lowest BCUT2D eigenvalue weighted by molar-refractivity contribution is -0.137. The molecule has 2 aromatic rings. The van der Waals surface area contributed by atoms with Crippen molar-refractivity contribution in [2.45, 2.75) is 56.8 Å². The van der Waals surface area contributed by atoms with Gasteiger partial charge in [0.2, 0.25) is 5.91 Å². The number of benzene rings is 1. The molecule has 0 radical (unpaired) electrons. The second kappa shape index (κ2) is 8.43. The molecule has 1 aliphatic carbocycles. The van der Waals surface area contributed by atoms with E-state index < -0.39 is 9.84 Å². The van der Waals surface area contributed by atoms with Gasteiger partial charge in [-0.05, 0) is 37.0 Å². The Balaban J connectivity index is 1.41. The Morgan fingerprint density at radius 3 is 2.45 bits per heavy atom. The highest BCUT2D eigenvalue weighted by atomic mass is 32.2. The molecule has 1 aromatic carbocycles. The van der Waals surface area contributed by atoms with E-state index in [0.29, 0.717) is 13.0 Å². The molecule has 31 heavy (non-hydrogen) atoms. The first-order chi connectivity index (χ1) is 15.0. The maximum absolute atomic E-state index is 13.7. The lowest BCUT2D eigenvalue weighted by atomic mass is 9.99. The molecule has 5 rings (SSSR count). The number of fused-ring (bicyclic) bond motifs is 1. The third kappa shape index (κ3) is 4.17. The van der Waals surface area contributed by atoms with Crippen LogP contribution in [-0.4, -0.2) is 65.4 Å². The van der Waals surface area contributed by atoms with Crippen molar-refractivity contribution in [1.82, 2.24) is 14.4 Å². The summed E-state index contributed by atoms with van der Waals surface area (Å²) < 4.78 is 26.6. The molecule has 166 valence electrons. The van der Waals surface area contributed by atoms with Crippen molar-refractivity contribution < 1.29 is 13.2 Å². The summed E-state index contributed by atoms with van der Waals surface area (Å²) in [4.78, 5) is 18.0. The van der Waals surface area contributed by atoms with Crippen molar-refractivity contribution in [1.29, 1.82) is 0 Å². The van der Waals surface area contributed by atoms with Crippen LogP contribution in [0, 0.1) is 0 Å². The van der Waals surface area contributed by atoms with E-state index in [9.17, 15) is 13.2 Å². The summed E-state index contributed by atoms with van der Waals surface area (Å²) in [6, 6.07) is 14.6. The van der Waals surface area contributed by atoms with Crippen LogP contribution in [0.3, 0.4) is 0 Å². The average Bonchev–Trinajstić information content (AvgIpc) is 3.50. The van der Waals surface area contributed by atoms with Gasteiger partial charge in [0.25, 0.3) is 0 Å². The second-order valence-electron chi connectivity index (χ2n) is 9.21. The van der Waals surface area contributed by atoms with Crippen LogP contribution in [0.4, 0.5) is 0 Å². The molecule has 1 amide bonds. The Hall–Kier alpha value is -2.12. The molecule has 0 unspecified atom stereocenters. The van der Waals surface area contributed by atoms with Crippen LogP contribution < -0.4 is 0 Å². The monoisotopic (exact) mass is 441 g/mol. The highest BCUT2D eigenvalue weighted by Crippen LogP contribution is 2.34. The van der Waals surface area contributed by atoms with Crippen LogP contribution in [0.5, 0.6) is 0 Å². The van der Waals surface area contributed by atoms with Crippen molar-refractivity contribution in [3.8, 4) is 0 Å². The van der Waals surface area contributed by atoms with Gasteiger partial charge in [-0.3, -0.25) is 9.69 Å². The van der Waals surface area contributed by atoms with Gasteiger partial charge in [0.1, 0.15) is 0 Å². The van der Waals surface area contributed by atoms with Crippen molar-refractivity contribution in [2.24, 2.45) is 0 Å². The van der Waals surface area contributed by atoms with Crippen molar-refractivity contribution in [3.63, 3.8) is 0 Å². The molecule has 2 atom stereocenters. The summed E-state index contributed by atoms with van der Waals surface area (Å²) in [6.45, 7) is 1.99. The standard InChI is InChI=1S/C24H31N3O3S/c28-23(27(20-9-4-5-10-20)21-12-16-31(29,30)18-21)17-26-15-14-25-13-6-11-22(25)24(26)19-7-2-1-3-8-19/h1-3,6-8,11,13,20-21,24H,4-5,9-10,12,14-18H2/t21-,24+/m1/s1. The summed E-state index contributed by atoms with van der Waals surface area (Å²) >= 11 is 0. The number of carbonyl (C=O) groups excluding carboxylic acids is 1. The van der Waals surface area contributed by atoms with Gasteiger partial charge in [0.05, 0.1) is 24.1 Å². The zero-order valence-corrected chi connectivity index (χ0v) is 18.7. The van der Waals surface area contributed by atoms with Gasteiger partial charge in [-0.25, -0.2) is 8.42 Å². The Labute approximate surface area is 184 Å². The predicted molar refractivity (Wildman–Crippen MR) is 120 cm³/mol. The number of hydrogen-bond acceptors (Lipinski definition) is 4. The van der Waals surface area contributed by atoms with Crippen molar-refractivity contribution in [3.05, 3.63) is 59.9 Å². The van der Waals surface area contributed by atoms with Gasteiger partial charge in [0.15, 0.2) is 9.84 Å². The van der Waals surface area contributed by atoms with E-state index in [1.807, 2.05) is 23.1 Å². The van der Waals surface area contributed by atoms with Crippen LogP contribution in [0.1, 0.15) is 49.4 Å². The van der Waals surface area contributed by atoms with E-state index in [1.54, 1.807) is 0 Å². The maximum atomic E-state index is 13.7. The molecule has 0 bridgehead atoms. The molecule has 1 saturated heterocycles. The minimum absolute atomic E-state index is 0.0339. The Morgan fingerprint density at radius 2 is 1.74 bits per heavy atom. The van der Waals surface area contributed by atoms with Crippen molar-refractivity contribution in [2.75, 3.05) is 24.6 Å². The van der Waals surface area contributed by atoms with Gasteiger partial charge in [-0.2, -0.15) is 0 Å². The number of nitrogens with zero attached hydrogens (tertiary/aromatic N) is 3. The van der Waals surface area contributed by atoms with Gasteiger partial charge < -0.3 is 9.47 Å². The number of carbonyl (C=O) groups is 1. The lowest BCUT2D eigenvalue weighted by Crippen LogP contribution is -2.52. The molecule has 3 aliphatic rings.